The summed E-state index contributed by atoms with van der Waals surface area (Å²) in [7, 11) is -3.77. The van der Waals surface area contributed by atoms with E-state index in [1.807, 2.05) is 0 Å². The average Bonchev–Trinajstić information content (AvgIpc) is 3.03. The molecule has 0 radical (unpaired) electrons. The van der Waals surface area contributed by atoms with E-state index in [-0.39, 0.29) is 17.6 Å². The third-order valence-corrected chi connectivity index (χ3v) is 4.86. The monoisotopic (exact) mass is 399 g/mol. The lowest BCUT2D eigenvalue weighted by atomic mass is 10.2. The van der Waals surface area contributed by atoms with E-state index < -0.39 is 45.4 Å². The van der Waals surface area contributed by atoms with Crippen molar-refractivity contribution in [2.75, 3.05) is 4.72 Å². The van der Waals surface area contributed by atoms with Gasteiger partial charge in [0.05, 0.1) is 17.9 Å². The number of rotatable bonds is 6. The SMILES string of the molecule is O=S(=O)(Cc1ccccc1)Nc1ccn(Cc2c(F)c(F)cc(F)c2F)n1. The van der Waals surface area contributed by atoms with E-state index in [4.69, 9.17) is 0 Å². The number of benzene rings is 2. The van der Waals surface area contributed by atoms with Gasteiger partial charge in [0.15, 0.2) is 29.1 Å². The Kier molecular flexibility index (Phi) is 5.17. The highest BCUT2D eigenvalue weighted by molar-refractivity contribution is 7.91. The highest BCUT2D eigenvalue weighted by Gasteiger charge is 2.20. The van der Waals surface area contributed by atoms with Gasteiger partial charge >= 0.3 is 0 Å². The minimum atomic E-state index is -3.77. The van der Waals surface area contributed by atoms with Gasteiger partial charge in [0, 0.05) is 18.3 Å². The third kappa shape index (κ3) is 4.45. The molecule has 0 fully saturated rings. The molecular formula is C17H13F4N3O2S. The zero-order valence-electron chi connectivity index (χ0n) is 13.7. The molecule has 0 aliphatic heterocycles. The first-order valence-corrected chi connectivity index (χ1v) is 9.30. The van der Waals surface area contributed by atoms with Crippen LogP contribution in [-0.2, 0) is 22.3 Å². The summed E-state index contributed by atoms with van der Waals surface area (Å²) in [5, 5.41) is 3.82. The van der Waals surface area contributed by atoms with Crippen LogP contribution in [0.4, 0.5) is 23.4 Å². The maximum Gasteiger partial charge on any atom is 0.238 e. The Morgan fingerprint density at radius 3 is 2.22 bits per heavy atom. The molecule has 0 aliphatic rings. The Balaban J connectivity index is 1.76. The van der Waals surface area contributed by atoms with Crippen LogP contribution < -0.4 is 4.72 Å². The number of nitrogens with zero attached hydrogens (tertiary/aromatic N) is 2. The van der Waals surface area contributed by atoms with Crippen LogP contribution in [0.5, 0.6) is 0 Å². The molecule has 1 N–H and O–H groups in total. The quantitative estimate of drug-likeness (QED) is 0.510. The smallest absolute Gasteiger partial charge is 0.238 e. The lowest BCUT2D eigenvalue weighted by Gasteiger charge is -2.08. The second-order valence-corrected chi connectivity index (χ2v) is 7.41. The van der Waals surface area contributed by atoms with Gasteiger partial charge in [0.1, 0.15) is 0 Å². The van der Waals surface area contributed by atoms with E-state index in [1.165, 1.54) is 12.3 Å². The van der Waals surface area contributed by atoms with E-state index in [0.717, 1.165) is 4.68 Å². The summed E-state index contributed by atoms with van der Waals surface area (Å²) in [6, 6.07) is 9.79. The number of anilines is 1. The predicted octanol–water partition coefficient (Wildman–Crippen LogP) is 3.43. The van der Waals surface area contributed by atoms with Crippen LogP contribution in [0, 0.1) is 23.3 Å². The lowest BCUT2D eigenvalue weighted by Crippen LogP contribution is -2.16. The van der Waals surface area contributed by atoms with Crippen LogP contribution in [0.1, 0.15) is 11.1 Å². The normalized spacial score (nSPS) is 11.6. The molecule has 142 valence electrons. The Bertz CT molecular complexity index is 1040. The molecular weight excluding hydrogens is 386 g/mol. The third-order valence-electron chi connectivity index (χ3n) is 3.62. The van der Waals surface area contributed by atoms with E-state index in [9.17, 15) is 26.0 Å². The highest BCUT2D eigenvalue weighted by Crippen LogP contribution is 2.20. The fraction of sp³-hybridized carbons (Fsp3) is 0.118. The van der Waals surface area contributed by atoms with Gasteiger partial charge in [-0.2, -0.15) is 5.10 Å². The zero-order valence-corrected chi connectivity index (χ0v) is 14.5. The molecule has 0 bridgehead atoms. The molecule has 0 spiro atoms. The largest absolute Gasteiger partial charge is 0.266 e. The van der Waals surface area contributed by atoms with Crippen molar-refractivity contribution in [1.82, 2.24) is 9.78 Å². The van der Waals surface area contributed by atoms with Gasteiger partial charge in [-0.15, -0.1) is 0 Å². The van der Waals surface area contributed by atoms with Crippen LogP contribution in [0.15, 0.2) is 48.7 Å². The molecule has 0 aliphatic carbocycles. The first-order valence-electron chi connectivity index (χ1n) is 7.65. The van der Waals surface area contributed by atoms with Crippen molar-refractivity contribution in [2.24, 2.45) is 0 Å². The Hall–Kier alpha value is -2.88. The van der Waals surface area contributed by atoms with Crippen molar-refractivity contribution >= 4 is 15.8 Å². The molecule has 5 nitrogen and oxygen atoms in total. The summed E-state index contributed by atoms with van der Waals surface area (Å²) in [4.78, 5) is 0. The van der Waals surface area contributed by atoms with E-state index in [2.05, 4.69) is 9.82 Å². The number of aromatic nitrogens is 2. The van der Waals surface area contributed by atoms with Crippen molar-refractivity contribution in [1.29, 1.82) is 0 Å². The molecule has 0 unspecified atom stereocenters. The number of halogens is 4. The van der Waals surface area contributed by atoms with E-state index >= 15 is 0 Å². The van der Waals surface area contributed by atoms with Crippen LogP contribution >= 0.6 is 0 Å². The van der Waals surface area contributed by atoms with Crippen molar-refractivity contribution in [3.8, 4) is 0 Å². The maximum atomic E-state index is 13.7. The van der Waals surface area contributed by atoms with Crippen molar-refractivity contribution in [2.45, 2.75) is 12.3 Å². The van der Waals surface area contributed by atoms with Gasteiger partial charge in [-0.05, 0) is 5.56 Å². The Morgan fingerprint density at radius 2 is 1.59 bits per heavy atom. The summed E-state index contributed by atoms with van der Waals surface area (Å²) < 4.78 is 81.4. The first-order chi connectivity index (χ1) is 12.7. The minimum Gasteiger partial charge on any atom is -0.266 e. The number of hydrogen-bond acceptors (Lipinski definition) is 3. The van der Waals surface area contributed by atoms with Crippen LogP contribution in [-0.4, -0.2) is 18.2 Å². The summed E-state index contributed by atoms with van der Waals surface area (Å²) in [6.07, 6.45) is 1.22. The molecule has 27 heavy (non-hydrogen) atoms. The molecule has 3 rings (SSSR count). The van der Waals surface area contributed by atoms with Crippen LogP contribution in [0.3, 0.4) is 0 Å². The minimum absolute atomic E-state index is 0.0939. The van der Waals surface area contributed by atoms with Crippen LogP contribution in [0.2, 0.25) is 0 Å². The second-order valence-electron chi connectivity index (χ2n) is 5.69. The molecule has 0 saturated carbocycles. The van der Waals surface area contributed by atoms with Crippen molar-refractivity contribution in [3.05, 3.63) is 83.1 Å². The fourth-order valence-electron chi connectivity index (χ4n) is 2.42. The molecule has 0 amide bonds. The van der Waals surface area contributed by atoms with E-state index in [1.54, 1.807) is 30.3 Å². The number of nitrogens with one attached hydrogen (secondary N) is 1. The first kappa shape index (κ1) is 18.9. The summed E-state index contributed by atoms with van der Waals surface area (Å²) in [5.41, 5.74) is -0.293. The summed E-state index contributed by atoms with van der Waals surface area (Å²) in [6.45, 7) is -0.618. The van der Waals surface area contributed by atoms with Gasteiger partial charge in [-0.3, -0.25) is 9.40 Å². The van der Waals surface area contributed by atoms with Crippen molar-refractivity contribution < 1.29 is 26.0 Å². The van der Waals surface area contributed by atoms with Gasteiger partial charge in [-0.25, -0.2) is 26.0 Å². The topological polar surface area (TPSA) is 64.0 Å². The fourth-order valence-corrected chi connectivity index (χ4v) is 3.55. The molecule has 3 aromatic rings. The average molecular weight is 399 g/mol. The Morgan fingerprint density at radius 1 is 0.963 bits per heavy atom. The number of sulfonamides is 1. The lowest BCUT2D eigenvalue weighted by molar-refractivity contribution is 0.431. The second kappa shape index (κ2) is 7.39. The molecule has 0 atom stereocenters. The molecule has 1 heterocycles. The highest BCUT2D eigenvalue weighted by atomic mass is 32.2. The molecule has 0 saturated heterocycles. The predicted molar refractivity (Wildman–Crippen MR) is 90.3 cm³/mol. The van der Waals surface area contributed by atoms with E-state index in [0.29, 0.717) is 5.56 Å². The summed E-state index contributed by atoms with van der Waals surface area (Å²) in [5.74, 6) is -6.51. The standard InChI is InChI=1S/C17H13F4N3O2S/c18-13-8-14(19)17(21)12(16(13)20)9-24-7-6-15(22-24)23-27(25,26)10-11-4-2-1-3-5-11/h1-8H,9-10H2,(H,22,23). The van der Waals surface area contributed by atoms with Gasteiger partial charge in [0.25, 0.3) is 0 Å². The molecule has 10 heteroatoms. The maximum absolute atomic E-state index is 13.7. The molecule has 1 aromatic heterocycles. The van der Waals surface area contributed by atoms with Gasteiger partial charge in [-0.1, -0.05) is 30.3 Å². The zero-order chi connectivity index (χ0) is 19.6. The van der Waals surface area contributed by atoms with Gasteiger partial charge in [0.2, 0.25) is 10.0 Å². The Labute approximate surface area is 152 Å². The van der Waals surface area contributed by atoms with Crippen molar-refractivity contribution in [3.63, 3.8) is 0 Å². The molecule has 2 aromatic carbocycles. The van der Waals surface area contributed by atoms with Crippen LogP contribution in [0.25, 0.3) is 0 Å². The van der Waals surface area contributed by atoms with Gasteiger partial charge < -0.3 is 0 Å². The summed E-state index contributed by atoms with van der Waals surface area (Å²) >= 11 is 0. The number of hydrogen-bond donors (Lipinski definition) is 1.